The largest absolute Gasteiger partial charge is 0.459 e. The minimum atomic E-state index is -0.166. The highest BCUT2D eigenvalue weighted by atomic mass is 16.5. The number of furan rings is 1. The first-order chi connectivity index (χ1) is 13.2. The van der Waals surface area contributed by atoms with E-state index in [-0.39, 0.29) is 23.9 Å². The van der Waals surface area contributed by atoms with Crippen LogP contribution >= 0.6 is 0 Å². The van der Waals surface area contributed by atoms with Crippen molar-refractivity contribution in [2.24, 2.45) is 0 Å². The lowest BCUT2D eigenvalue weighted by molar-refractivity contribution is 0.0640. The summed E-state index contributed by atoms with van der Waals surface area (Å²) >= 11 is 0. The van der Waals surface area contributed by atoms with Crippen LogP contribution in [0.3, 0.4) is 0 Å². The first-order valence-corrected chi connectivity index (χ1v) is 9.48. The van der Waals surface area contributed by atoms with Gasteiger partial charge >= 0.3 is 0 Å². The fraction of sp³-hybridized carbons (Fsp3) is 0.526. The number of hydrogen-bond donors (Lipinski definition) is 1. The quantitative estimate of drug-likeness (QED) is 0.801. The molecule has 1 N–H and O–H groups in total. The van der Waals surface area contributed by atoms with Gasteiger partial charge in [-0.2, -0.15) is 5.10 Å². The molecule has 3 heterocycles. The predicted molar refractivity (Wildman–Crippen MR) is 96.4 cm³/mol. The highest BCUT2D eigenvalue weighted by molar-refractivity contribution is 5.93. The summed E-state index contributed by atoms with van der Waals surface area (Å²) < 4.78 is 12.4. The Labute approximate surface area is 157 Å². The molecule has 1 aliphatic heterocycles. The average molecular weight is 372 g/mol. The Morgan fingerprint density at radius 1 is 1.22 bits per heavy atom. The van der Waals surface area contributed by atoms with Crippen molar-refractivity contribution in [1.29, 1.82) is 0 Å². The molecule has 0 spiro atoms. The topological polar surface area (TPSA) is 89.6 Å². The zero-order valence-electron chi connectivity index (χ0n) is 15.2. The van der Waals surface area contributed by atoms with Gasteiger partial charge in [-0.3, -0.25) is 14.3 Å². The number of nitrogens with one attached hydrogen (secondary N) is 1. The summed E-state index contributed by atoms with van der Waals surface area (Å²) in [6, 6.07) is 5.54. The van der Waals surface area contributed by atoms with E-state index in [1.54, 1.807) is 34.0 Å². The van der Waals surface area contributed by atoms with Crippen molar-refractivity contribution >= 4 is 11.8 Å². The van der Waals surface area contributed by atoms with Crippen molar-refractivity contribution in [2.45, 2.75) is 37.8 Å². The summed E-state index contributed by atoms with van der Waals surface area (Å²) in [6.45, 7) is 2.23. The first kappa shape index (κ1) is 17.8. The maximum Gasteiger partial charge on any atom is 0.289 e. The molecular weight excluding hydrogens is 348 g/mol. The molecule has 2 aromatic heterocycles. The van der Waals surface area contributed by atoms with Crippen LogP contribution in [-0.2, 0) is 4.74 Å². The Morgan fingerprint density at radius 2 is 2.04 bits per heavy atom. The Bertz CT molecular complexity index is 775. The number of hydrogen-bond acceptors (Lipinski definition) is 5. The number of amides is 2. The lowest BCUT2D eigenvalue weighted by atomic mass is 10.1. The molecule has 0 atom stereocenters. The molecule has 0 unspecified atom stereocenters. The van der Waals surface area contributed by atoms with Gasteiger partial charge in [0.25, 0.3) is 11.8 Å². The summed E-state index contributed by atoms with van der Waals surface area (Å²) in [4.78, 5) is 26.9. The van der Waals surface area contributed by atoms with Crippen LogP contribution < -0.4 is 5.32 Å². The van der Waals surface area contributed by atoms with E-state index in [9.17, 15) is 9.59 Å². The van der Waals surface area contributed by atoms with Crippen molar-refractivity contribution in [2.75, 3.05) is 26.3 Å². The van der Waals surface area contributed by atoms with Crippen molar-refractivity contribution in [1.82, 2.24) is 20.0 Å². The van der Waals surface area contributed by atoms with Gasteiger partial charge in [0.05, 0.1) is 12.3 Å². The lowest BCUT2D eigenvalue weighted by Crippen LogP contribution is -2.40. The maximum atomic E-state index is 12.6. The van der Waals surface area contributed by atoms with Crippen LogP contribution in [0, 0.1) is 0 Å². The summed E-state index contributed by atoms with van der Waals surface area (Å²) in [5, 5.41) is 7.25. The molecule has 1 saturated heterocycles. The van der Waals surface area contributed by atoms with Gasteiger partial charge in [0, 0.05) is 38.5 Å². The molecule has 0 radical (unpaired) electrons. The summed E-state index contributed by atoms with van der Waals surface area (Å²) in [6.07, 6.45) is 6.86. The van der Waals surface area contributed by atoms with Crippen molar-refractivity contribution in [3.05, 3.63) is 42.1 Å². The normalized spacial score (nSPS) is 17.6. The Kier molecular flexibility index (Phi) is 5.24. The summed E-state index contributed by atoms with van der Waals surface area (Å²) in [5.41, 5.74) is 0.553. The molecule has 144 valence electrons. The molecule has 1 aliphatic carbocycles. The van der Waals surface area contributed by atoms with Crippen LogP contribution in [0.25, 0.3) is 0 Å². The highest BCUT2D eigenvalue weighted by Gasteiger charge is 2.34. The molecule has 2 amide bonds. The van der Waals surface area contributed by atoms with Crippen LogP contribution in [0.2, 0.25) is 0 Å². The predicted octanol–water partition coefficient (Wildman–Crippen LogP) is 1.86. The minimum Gasteiger partial charge on any atom is -0.459 e. The average Bonchev–Trinajstić information content (AvgIpc) is 3.19. The van der Waals surface area contributed by atoms with E-state index >= 15 is 0 Å². The van der Waals surface area contributed by atoms with Gasteiger partial charge in [-0.25, -0.2) is 0 Å². The SMILES string of the molecule is O=C(NCCN(C(=O)c1ccco1)C1CC1)c1ccnn1C1CCOCC1. The molecule has 2 fully saturated rings. The van der Waals surface area contributed by atoms with E-state index < -0.39 is 0 Å². The molecule has 8 nitrogen and oxygen atoms in total. The summed E-state index contributed by atoms with van der Waals surface area (Å²) in [7, 11) is 0. The zero-order chi connectivity index (χ0) is 18.6. The van der Waals surface area contributed by atoms with Crippen LogP contribution in [0.15, 0.2) is 35.1 Å². The van der Waals surface area contributed by atoms with Gasteiger partial charge in [0.1, 0.15) is 5.69 Å². The van der Waals surface area contributed by atoms with E-state index in [2.05, 4.69) is 10.4 Å². The molecule has 2 aromatic rings. The third-order valence-corrected chi connectivity index (χ3v) is 5.06. The zero-order valence-corrected chi connectivity index (χ0v) is 15.2. The first-order valence-electron chi connectivity index (χ1n) is 9.48. The smallest absolute Gasteiger partial charge is 0.289 e. The van der Waals surface area contributed by atoms with Crippen LogP contribution in [0.5, 0.6) is 0 Å². The molecule has 4 rings (SSSR count). The maximum absolute atomic E-state index is 12.6. The van der Waals surface area contributed by atoms with E-state index in [0.29, 0.717) is 37.8 Å². The van der Waals surface area contributed by atoms with Crippen LogP contribution in [-0.4, -0.2) is 58.8 Å². The fourth-order valence-electron chi connectivity index (χ4n) is 3.47. The molecule has 0 aromatic carbocycles. The molecule has 1 saturated carbocycles. The van der Waals surface area contributed by atoms with E-state index in [4.69, 9.17) is 9.15 Å². The van der Waals surface area contributed by atoms with Crippen LogP contribution in [0.1, 0.15) is 52.8 Å². The number of carbonyl (C=O) groups excluding carboxylic acids is 2. The van der Waals surface area contributed by atoms with Gasteiger partial charge in [-0.05, 0) is 43.9 Å². The van der Waals surface area contributed by atoms with Crippen molar-refractivity contribution in [3.63, 3.8) is 0 Å². The number of aromatic nitrogens is 2. The van der Waals surface area contributed by atoms with Crippen molar-refractivity contribution in [3.8, 4) is 0 Å². The number of carbonyl (C=O) groups is 2. The molecule has 8 heteroatoms. The Balaban J connectivity index is 1.34. The third-order valence-electron chi connectivity index (χ3n) is 5.06. The van der Waals surface area contributed by atoms with Crippen molar-refractivity contribution < 1.29 is 18.7 Å². The number of ether oxygens (including phenoxy) is 1. The second-order valence-electron chi connectivity index (χ2n) is 6.97. The molecule has 2 aliphatic rings. The second kappa shape index (κ2) is 7.96. The Hall–Kier alpha value is -2.61. The van der Waals surface area contributed by atoms with E-state index in [1.807, 2.05) is 0 Å². The molecular formula is C19H24N4O4. The third kappa shape index (κ3) is 4.05. The monoisotopic (exact) mass is 372 g/mol. The molecule has 27 heavy (non-hydrogen) atoms. The van der Waals surface area contributed by atoms with E-state index in [0.717, 1.165) is 25.7 Å². The van der Waals surface area contributed by atoms with Crippen LogP contribution in [0.4, 0.5) is 0 Å². The van der Waals surface area contributed by atoms with Gasteiger partial charge in [-0.1, -0.05) is 0 Å². The molecule has 0 bridgehead atoms. The number of nitrogens with zero attached hydrogens (tertiary/aromatic N) is 3. The van der Waals surface area contributed by atoms with Gasteiger partial charge < -0.3 is 19.4 Å². The summed E-state index contributed by atoms with van der Waals surface area (Å²) in [5.74, 6) is 0.0509. The van der Waals surface area contributed by atoms with E-state index in [1.165, 1.54) is 6.26 Å². The fourth-order valence-corrected chi connectivity index (χ4v) is 3.47. The van der Waals surface area contributed by atoms with Gasteiger partial charge in [0.15, 0.2) is 5.76 Å². The Morgan fingerprint density at radius 3 is 2.74 bits per heavy atom. The standard InChI is InChI=1S/C19H24N4O4/c24-18(16-5-8-21-23(16)15-6-12-26-13-7-15)20-9-10-22(14-3-4-14)19(25)17-2-1-11-27-17/h1-2,5,8,11,14-15H,3-4,6-7,9-10,12-13H2,(H,20,24). The lowest BCUT2D eigenvalue weighted by Gasteiger charge is -2.24. The van der Waals surface area contributed by atoms with Gasteiger partial charge in [-0.15, -0.1) is 0 Å². The minimum absolute atomic E-state index is 0.121. The highest BCUT2D eigenvalue weighted by Crippen LogP contribution is 2.28. The second-order valence-corrected chi connectivity index (χ2v) is 6.97. The number of rotatable bonds is 7. The van der Waals surface area contributed by atoms with Gasteiger partial charge in [0.2, 0.25) is 0 Å².